The van der Waals surface area contributed by atoms with Gasteiger partial charge in [0.05, 0.1) is 12.7 Å². The van der Waals surface area contributed by atoms with Crippen LogP contribution in [0.4, 0.5) is 4.20 Å². The van der Waals surface area contributed by atoms with Crippen LogP contribution in [0.15, 0.2) is 30.3 Å². The molecule has 2 aliphatic rings. The highest BCUT2D eigenvalue weighted by Crippen LogP contribution is 2.56. The average Bonchev–Trinajstić information content (AvgIpc) is 2.39. The lowest BCUT2D eigenvalue weighted by Crippen LogP contribution is -2.46. The Balaban J connectivity index is 1.60. The minimum Gasteiger partial charge on any atom is -0.299 e. The standard InChI is InChI=1S/C13H17FNO3P/c14-19(16)17-10-12-9-15(7-6-13(12)18-19)8-11-4-2-1-3-5-11/h1-5,12-13H,6-10H2/t12-,13-,19-/m0/s1. The van der Waals surface area contributed by atoms with Crippen molar-refractivity contribution in [2.24, 2.45) is 5.92 Å². The van der Waals surface area contributed by atoms with Gasteiger partial charge in [0.1, 0.15) is 0 Å². The van der Waals surface area contributed by atoms with Crippen molar-refractivity contribution in [1.29, 1.82) is 0 Å². The van der Waals surface area contributed by atoms with Gasteiger partial charge in [-0.15, -0.1) is 4.20 Å². The van der Waals surface area contributed by atoms with E-state index in [9.17, 15) is 8.76 Å². The first-order valence-corrected chi connectivity index (χ1v) is 7.95. The molecule has 1 aromatic carbocycles. The summed E-state index contributed by atoms with van der Waals surface area (Å²) in [5.41, 5.74) is 1.26. The topological polar surface area (TPSA) is 38.8 Å². The van der Waals surface area contributed by atoms with Gasteiger partial charge >= 0.3 is 7.91 Å². The van der Waals surface area contributed by atoms with E-state index in [4.69, 9.17) is 4.52 Å². The van der Waals surface area contributed by atoms with E-state index in [0.717, 1.165) is 19.6 Å². The lowest BCUT2D eigenvalue weighted by atomic mass is 9.95. The summed E-state index contributed by atoms with van der Waals surface area (Å²) in [5.74, 6) is 0.107. The van der Waals surface area contributed by atoms with E-state index in [1.54, 1.807) is 0 Å². The van der Waals surface area contributed by atoms with Crippen molar-refractivity contribution in [3.8, 4) is 0 Å². The first-order valence-electron chi connectivity index (χ1n) is 6.51. The Hall–Kier alpha value is -0.740. The van der Waals surface area contributed by atoms with Gasteiger partial charge < -0.3 is 0 Å². The molecule has 2 heterocycles. The molecule has 0 saturated carbocycles. The fourth-order valence-corrected chi connectivity index (χ4v) is 3.78. The summed E-state index contributed by atoms with van der Waals surface area (Å²) in [6, 6.07) is 10.2. The fraction of sp³-hybridized carbons (Fsp3) is 0.538. The number of fused-ring (bicyclic) bond motifs is 1. The van der Waals surface area contributed by atoms with Crippen LogP contribution in [0.5, 0.6) is 0 Å². The van der Waals surface area contributed by atoms with E-state index in [-0.39, 0.29) is 18.6 Å². The van der Waals surface area contributed by atoms with Gasteiger partial charge in [0, 0.05) is 25.6 Å². The van der Waals surface area contributed by atoms with Crippen LogP contribution in [-0.2, 0) is 20.2 Å². The van der Waals surface area contributed by atoms with Gasteiger partial charge in [0.2, 0.25) is 0 Å². The third kappa shape index (κ3) is 3.23. The first kappa shape index (κ1) is 13.3. The van der Waals surface area contributed by atoms with Crippen LogP contribution >= 0.6 is 7.91 Å². The third-order valence-electron chi connectivity index (χ3n) is 3.70. The number of halogens is 1. The molecule has 6 heteroatoms. The van der Waals surface area contributed by atoms with E-state index in [2.05, 4.69) is 21.6 Å². The quantitative estimate of drug-likeness (QED) is 0.783. The average molecular weight is 285 g/mol. The molecule has 0 aromatic heterocycles. The highest BCUT2D eigenvalue weighted by Gasteiger charge is 2.42. The van der Waals surface area contributed by atoms with Gasteiger partial charge in [-0.3, -0.25) is 13.9 Å². The van der Waals surface area contributed by atoms with Gasteiger partial charge in [-0.2, -0.15) is 0 Å². The summed E-state index contributed by atoms with van der Waals surface area (Å²) >= 11 is 0. The monoisotopic (exact) mass is 285 g/mol. The van der Waals surface area contributed by atoms with Crippen molar-refractivity contribution < 1.29 is 17.8 Å². The fourth-order valence-electron chi connectivity index (χ4n) is 2.75. The zero-order valence-corrected chi connectivity index (χ0v) is 11.5. The maximum Gasteiger partial charge on any atom is 0.513 e. The van der Waals surface area contributed by atoms with Crippen molar-refractivity contribution in [1.82, 2.24) is 4.90 Å². The number of rotatable bonds is 2. The molecule has 19 heavy (non-hydrogen) atoms. The van der Waals surface area contributed by atoms with Crippen LogP contribution in [0.3, 0.4) is 0 Å². The summed E-state index contributed by atoms with van der Waals surface area (Å²) in [4.78, 5) is 2.30. The van der Waals surface area contributed by atoms with Crippen molar-refractivity contribution in [3.63, 3.8) is 0 Å². The molecule has 0 aliphatic carbocycles. The van der Waals surface area contributed by atoms with Crippen LogP contribution in [0, 0.1) is 5.92 Å². The number of nitrogens with zero attached hydrogens (tertiary/aromatic N) is 1. The maximum absolute atomic E-state index is 13.2. The Morgan fingerprint density at radius 2 is 2.16 bits per heavy atom. The molecule has 104 valence electrons. The number of piperidine rings is 1. The summed E-state index contributed by atoms with van der Waals surface area (Å²) in [6.45, 7) is 2.68. The molecule has 0 unspecified atom stereocenters. The van der Waals surface area contributed by atoms with Gasteiger partial charge in [-0.25, -0.2) is 4.57 Å². The summed E-state index contributed by atoms with van der Waals surface area (Å²) < 4.78 is 33.9. The zero-order valence-electron chi connectivity index (χ0n) is 10.6. The SMILES string of the molecule is O=[P@@]1(F)OC[C@@H]2CN(Cc3ccccc3)CC[C@@H]2O1. The molecule has 2 saturated heterocycles. The van der Waals surface area contributed by atoms with Gasteiger partial charge in [-0.05, 0) is 12.0 Å². The molecule has 0 radical (unpaired) electrons. The highest BCUT2D eigenvalue weighted by molar-refractivity contribution is 7.48. The Morgan fingerprint density at radius 3 is 2.95 bits per heavy atom. The minimum atomic E-state index is -4.28. The predicted molar refractivity (Wildman–Crippen MR) is 69.4 cm³/mol. The molecular weight excluding hydrogens is 268 g/mol. The van der Waals surface area contributed by atoms with E-state index in [1.165, 1.54) is 5.56 Å². The maximum atomic E-state index is 13.2. The van der Waals surface area contributed by atoms with Crippen molar-refractivity contribution in [3.05, 3.63) is 35.9 Å². The second-order valence-electron chi connectivity index (χ2n) is 5.14. The number of benzene rings is 1. The van der Waals surface area contributed by atoms with Crippen LogP contribution in [0.25, 0.3) is 0 Å². The first-order chi connectivity index (χ1) is 9.12. The second kappa shape index (κ2) is 5.33. The molecule has 2 aliphatic heterocycles. The number of hydrogen-bond donors (Lipinski definition) is 0. The Labute approximate surface area is 112 Å². The van der Waals surface area contributed by atoms with Gasteiger partial charge in [-0.1, -0.05) is 30.3 Å². The Morgan fingerprint density at radius 1 is 1.37 bits per heavy atom. The van der Waals surface area contributed by atoms with E-state index >= 15 is 0 Å². The normalized spacial score (nSPS) is 35.8. The molecule has 0 spiro atoms. The van der Waals surface area contributed by atoms with Crippen LogP contribution < -0.4 is 0 Å². The van der Waals surface area contributed by atoms with Crippen LogP contribution in [0.1, 0.15) is 12.0 Å². The van der Waals surface area contributed by atoms with Crippen molar-refractivity contribution in [2.75, 3.05) is 19.7 Å². The molecule has 3 rings (SSSR count). The van der Waals surface area contributed by atoms with E-state index in [0.29, 0.717) is 6.42 Å². The summed E-state index contributed by atoms with van der Waals surface area (Å²) in [7, 11) is -4.28. The zero-order chi connectivity index (χ0) is 13.3. The van der Waals surface area contributed by atoms with Gasteiger partial charge in [0.25, 0.3) is 0 Å². The molecule has 0 amide bonds. The van der Waals surface area contributed by atoms with Crippen molar-refractivity contribution >= 4 is 7.91 Å². The Kier molecular flexibility index (Phi) is 3.72. The third-order valence-corrected chi connectivity index (χ3v) is 4.68. The molecule has 3 atom stereocenters. The largest absolute Gasteiger partial charge is 0.513 e. The van der Waals surface area contributed by atoms with E-state index < -0.39 is 7.91 Å². The summed E-state index contributed by atoms with van der Waals surface area (Å²) in [5, 5.41) is 0. The van der Waals surface area contributed by atoms with Crippen LogP contribution in [-0.4, -0.2) is 30.7 Å². The Bertz CT molecular complexity index is 484. The predicted octanol–water partition coefficient (Wildman–Crippen LogP) is 3.00. The smallest absolute Gasteiger partial charge is 0.299 e. The molecule has 2 fully saturated rings. The molecule has 0 bridgehead atoms. The number of hydrogen-bond acceptors (Lipinski definition) is 4. The van der Waals surface area contributed by atoms with Crippen molar-refractivity contribution in [2.45, 2.75) is 19.1 Å². The molecule has 1 aromatic rings. The number of likely N-dealkylation sites (tertiary alicyclic amines) is 1. The second-order valence-corrected chi connectivity index (χ2v) is 6.47. The lowest BCUT2D eigenvalue weighted by molar-refractivity contribution is -0.0363. The highest BCUT2D eigenvalue weighted by atomic mass is 31.2. The molecular formula is C13H17FNO3P. The lowest BCUT2D eigenvalue weighted by Gasteiger charge is -2.40. The minimum absolute atomic E-state index is 0.107. The van der Waals surface area contributed by atoms with Gasteiger partial charge in [0.15, 0.2) is 0 Å². The molecule has 0 N–H and O–H groups in total. The molecule has 4 nitrogen and oxygen atoms in total. The van der Waals surface area contributed by atoms with E-state index in [1.807, 2.05) is 18.2 Å². The van der Waals surface area contributed by atoms with Crippen LogP contribution in [0.2, 0.25) is 0 Å². The summed E-state index contributed by atoms with van der Waals surface area (Å²) in [6.07, 6.45) is 0.436.